The van der Waals surface area contributed by atoms with E-state index in [1.165, 1.54) is 4.90 Å². The van der Waals surface area contributed by atoms with Gasteiger partial charge in [0.05, 0.1) is 18.2 Å². The second-order valence-corrected chi connectivity index (χ2v) is 8.54. The summed E-state index contributed by atoms with van der Waals surface area (Å²) >= 11 is 2.20. The molecule has 1 saturated heterocycles. The molecule has 0 aliphatic carbocycles. The standard InChI is InChI=1S/C25H21IN2O4/c1-2-32-20-5-3-4-18(14-20)23(29)21-22(17-6-8-19(26)9-7-17)28(25(31)24(21)30)15-16-10-12-27-13-11-16/h3-14,22,29H,2,15H2,1H3/b23-21+. The number of Topliss-reactive ketones (excluding diaryl/α,β-unsaturated/α-hetero) is 1. The summed E-state index contributed by atoms with van der Waals surface area (Å²) in [6, 6.07) is 17.4. The van der Waals surface area contributed by atoms with Crippen LogP contribution in [0.2, 0.25) is 0 Å². The minimum atomic E-state index is -0.712. The van der Waals surface area contributed by atoms with Crippen LogP contribution in [0.15, 0.2) is 78.6 Å². The number of hydrogen-bond donors (Lipinski definition) is 1. The molecule has 6 nitrogen and oxygen atoms in total. The predicted molar refractivity (Wildman–Crippen MR) is 129 cm³/mol. The summed E-state index contributed by atoms with van der Waals surface area (Å²) in [6.45, 7) is 2.57. The number of halogens is 1. The Bertz CT molecular complexity index is 1180. The third-order valence-corrected chi connectivity index (χ3v) is 5.97. The SMILES string of the molecule is CCOc1cccc(/C(O)=C2\C(=O)C(=O)N(Cc3ccncc3)C2c2ccc(I)cc2)c1. The number of amides is 1. The number of aliphatic hydroxyl groups excluding tert-OH is 1. The van der Waals surface area contributed by atoms with Crippen LogP contribution in [0.3, 0.4) is 0 Å². The van der Waals surface area contributed by atoms with Crippen molar-refractivity contribution in [2.24, 2.45) is 0 Å². The Morgan fingerprint density at radius 2 is 1.81 bits per heavy atom. The van der Waals surface area contributed by atoms with Crippen molar-refractivity contribution in [3.8, 4) is 5.75 Å². The molecular formula is C25H21IN2O4. The van der Waals surface area contributed by atoms with Crippen molar-refractivity contribution in [1.82, 2.24) is 9.88 Å². The van der Waals surface area contributed by atoms with Crippen LogP contribution in [0.4, 0.5) is 0 Å². The van der Waals surface area contributed by atoms with Crippen molar-refractivity contribution in [3.05, 3.63) is 98.9 Å². The van der Waals surface area contributed by atoms with E-state index in [-0.39, 0.29) is 17.9 Å². The second kappa shape index (κ2) is 9.52. The molecule has 1 aliphatic heterocycles. The molecule has 1 unspecified atom stereocenters. The maximum Gasteiger partial charge on any atom is 0.295 e. The molecule has 0 saturated carbocycles. The lowest BCUT2D eigenvalue weighted by atomic mass is 9.95. The van der Waals surface area contributed by atoms with Gasteiger partial charge in [0.25, 0.3) is 11.7 Å². The number of ketones is 1. The van der Waals surface area contributed by atoms with Gasteiger partial charge in [-0.2, -0.15) is 0 Å². The largest absolute Gasteiger partial charge is 0.507 e. The molecule has 0 spiro atoms. The van der Waals surface area contributed by atoms with Gasteiger partial charge in [-0.3, -0.25) is 14.6 Å². The van der Waals surface area contributed by atoms with Crippen LogP contribution in [-0.2, 0) is 16.1 Å². The van der Waals surface area contributed by atoms with Gasteiger partial charge in [0.2, 0.25) is 0 Å². The van der Waals surface area contributed by atoms with E-state index in [0.717, 1.165) is 14.7 Å². The maximum absolute atomic E-state index is 13.1. The zero-order chi connectivity index (χ0) is 22.7. The third-order valence-electron chi connectivity index (χ3n) is 5.25. The van der Waals surface area contributed by atoms with Crippen molar-refractivity contribution < 1.29 is 19.4 Å². The van der Waals surface area contributed by atoms with E-state index in [4.69, 9.17) is 4.74 Å². The number of carbonyl (C=O) groups excluding carboxylic acids is 2. The fourth-order valence-electron chi connectivity index (χ4n) is 3.77. The number of rotatable bonds is 6. The van der Waals surface area contributed by atoms with E-state index >= 15 is 0 Å². The molecule has 4 rings (SSSR count). The van der Waals surface area contributed by atoms with E-state index in [2.05, 4.69) is 27.6 Å². The molecule has 2 aromatic carbocycles. The minimum Gasteiger partial charge on any atom is -0.507 e. The van der Waals surface area contributed by atoms with Gasteiger partial charge in [-0.1, -0.05) is 24.3 Å². The Morgan fingerprint density at radius 1 is 1.09 bits per heavy atom. The average Bonchev–Trinajstić information content (AvgIpc) is 3.05. The van der Waals surface area contributed by atoms with E-state index in [1.807, 2.05) is 31.2 Å². The maximum atomic E-state index is 13.1. The highest BCUT2D eigenvalue weighted by molar-refractivity contribution is 14.1. The first-order valence-electron chi connectivity index (χ1n) is 10.2. The number of likely N-dealkylation sites (tertiary alicyclic amines) is 1. The zero-order valence-electron chi connectivity index (χ0n) is 17.4. The predicted octanol–water partition coefficient (Wildman–Crippen LogP) is 4.71. The molecule has 1 fully saturated rings. The highest BCUT2D eigenvalue weighted by Crippen LogP contribution is 2.40. The Hall–Kier alpha value is -3.20. The minimum absolute atomic E-state index is 0.0684. The first kappa shape index (κ1) is 22.0. The first-order chi connectivity index (χ1) is 15.5. The molecule has 0 radical (unpaired) electrons. The summed E-state index contributed by atoms with van der Waals surface area (Å²) in [7, 11) is 0. The number of benzene rings is 2. The first-order valence-corrected chi connectivity index (χ1v) is 11.2. The Morgan fingerprint density at radius 3 is 2.50 bits per heavy atom. The van der Waals surface area contributed by atoms with E-state index in [0.29, 0.717) is 17.9 Å². The van der Waals surface area contributed by atoms with Crippen molar-refractivity contribution in [2.45, 2.75) is 19.5 Å². The Kier molecular flexibility index (Phi) is 6.55. The van der Waals surface area contributed by atoms with Crippen LogP contribution in [0, 0.1) is 3.57 Å². The monoisotopic (exact) mass is 540 g/mol. The van der Waals surface area contributed by atoms with E-state index < -0.39 is 17.7 Å². The molecular weight excluding hydrogens is 519 g/mol. The number of carbonyl (C=O) groups is 2. The van der Waals surface area contributed by atoms with Gasteiger partial charge in [0, 0.05) is 28.1 Å². The number of nitrogens with zero attached hydrogens (tertiary/aromatic N) is 2. The van der Waals surface area contributed by atoms with Crippen molar-refractivity contribution in [1.29, 1.82) is 0 Å². The van der Waals surface area contributed by atoms with Gasteiger partial charge in [-0.05, 0) is 77.0 Å². The average molecular weight is 540 g/mol. The van der Waals surface area contributed by atoms with Gasteiger partial charge in [-0.25, -0.2) is 0 Å². The lowest BCUT2D eigenvalue weighted by Crippen LogP contribution is -2.29. The third kappa shape index (κ3) is 4.38. The van der Waals surface area contributed by atoms with Crippen LogP contribution >= 0.6 is 22.6 Å². The Labute approximate surface area is 199 Å². The van der Waals surface area contributed by atoms with Crippen LogP contribution in [0.1, 0.15) is 29.7 Å². The number of pyridine rings is 1. The lowest BCUT2D eigenvalue weighted by Gasteiger charge is -2.25. The molecule has 32 heavy (non-hydrogen) atoms. The van der Waals surface area contributed by atoms with Crippen molar-refractivity contribution >= 4 is 40.0 Å². The number of hydrogen-bond acceptors (Lipinski definition) is 5. The highest BCUT2D eigenvalue weighted by atomic mass is 127. The molecule has 7 heteroatoms. The van der Waals surface area contributed by atoms with E-state index in [1.54, 1.807) is 48.8 Å². The van der Waals surface area contributed by atoms with Crippen LogP contribution < -0.4 is 4.74 Å². The quantitative estimate of drug-likeness (QED) is 0.212. The summed E-state index contributed by atoms with van der Waals surface area (Å²) in [5.74, 6) is -0.992. The molecule has 1 atom stereocenters. The molecule has 1 N–H and O–H groups in total. The highest BCUT2D eigenvalue weighted by Gasteiger charge is 2.46. The van der Waals surface area contributed by atoms with Gasteiger partial charge in [0.15, 0.2) is 0 Å². The summed E-state index contributed by atoms with van der Waals surface area (Å²) < 4.78 is 6.56. The van der Waals surface area contributed by atoms with E-state index in [9.17, 15) is 14.7 Å². The molecule has 0 bridgehead atoms. The zero-order valence-corrected chi connectivity index (χ0v) is 19.5. The lowest BCUT2D eigenvalue weighted by molar-refractivity contribution is -0.140. The van der Waals surface area contributed by atoms with Gasteiger partial charge in [-0.15, -0.1) is 0 Å². The summed E-state index contributed by atoms with van der Waals surface area (Å²) in [5, 5.41) is 11.2. The second-order valence-electron chi connectivity index (χ2n) is 7.29. The van der Waals surface area contributed by atoms with Crippen LogP contribution in [-0.4, -0.2) is 33.3 Å². The normalized spacial score (nSPS) is 17.6. The van der Waals surface area contributed by atoms with Crippen LogP contribution in [0.25, 0.3) is 5.76 Å². The number of aliphatic hydroxyl groups is 1. The molecule has 1 amide bonds. The molecule has 2 heterocycles. The Balaban J connectivity index is 1.84. The smallest absolute Gasteiger partial charge is 0.295 e. The summed E-state index contributed by atoms with van der Waals surface area (Å²) in [5.41, 5.74) is 2.09. The fourth-order valence-corrected chi connectivity index (χ4v) is 4.13. The number of aromatic nitrogens is 1. The summed E-state index contributed by atoms with van der Waals surface area (Å²) in [6.07, 6.45) is 3.29. The molecule has 1 aromatic heterocycles. The fraction of sp³-hybridized carbons (Fsp3) is 0.160. The van der Waals surface area contributed by atoms with Crippen molar-refractivity contribution in [2.75, 3.05) is 6.61 Å². The molecule has 3 aromatic rings. The molecule has 1 aliphatic rings. The van der Waals surface area contributed by atoms with Gasteiger partial charge in [0.1, 0.15) is 11.5 Å². The topological polar surface area (TPSA) is 79.7 Å². The van der Waals surface area contributed by atoms with Gasteiger partial charge < -0.3 is 14.7 Å². The van der Waals surface area contributed by atoms with Crippen LogP contribution in [0.5, 0.6) is 5.75 Å². The summed E-state index contributed by atoms with van der Waals surface area (Å²) in [4.78, 5) is 31.7. The number of ether oxygens (including phenoxy) is 1. The molecule has 162 valence electrons. The van der Waals surface area contributed by atoms with Gasteiger partial charge >= 0.3 is 0 Å². The van der Waals surface area contributed by atoms with Crippen molar-refractivity contribution in [3.63, 3.8) is 0 Å².